The van der Waals surface area contributed by atoms with Crippen molar-refractivity contribution in [2.75, 3.05) is 6.61 Å². The van der Waals surface area contributed by atoms with E-state index < -0.39 is 18.1 Å². The standard InChI is InChI=1S/C12H12F3N3O2/c1-2-19-8-5-3-7(4-6-8)9(16)10-17-11(20-18-10)12(13,14)15/h3-6,9H,2,16H2,1H3. The molecule has 0 bridgehead atoms. The number of aromatic nitrogens is 2. The summed E-state index contributed by atoms with van der Waals surface area (Å²) in [5, 5.41) is 3.26. The molecule has 5 nitrogen and oxygen atoms in total. The molecule has 0 aliphatic heterocycles. The molecule has 0 saturated heterocycles. The van der Waals surface area contributed by atoms with Gasteiger partial charge in [-0.1, -0.05) is 17.3 Å². The molecule has 0 radical (unpaired) electrons. The average molecular weight is 287 g/mol. The molecule has 2 rings (SSSR count). The molecule has 1 atom stereocenters. The summed E-state index contributed by atoms with van der Waals surface area (Å²) in [5.41, 5.74) is 6.36. The second kappa shape index (κ2) is 5.49. The van der Waals surface area contributed by atoms with Crippen LogP contribution in [-0.2, 0) is 6.18 Å². The van der Waals surface area contributed by atoms with Crippen molar-refractivity contribution in [2.45, 2.75) is 19.1 Å². The van der Waals surface area contributed by atoms with Crippen LogP contribution in [0.4, 0.5) is 13.2 Å². The maximum absolute atomic E-state index is 12.4. The maximum Gasteiger partial charge on any atom is 0.471 e. The highest BCUT2D eigenvalue weighted by atomic mass is 19.4. The Kier molecular flexibility index (Phi) is 3.93. The average Bonchev–Trinajstić information content (AvgIpc) is 2.89. The summed E-state index contributed by atoms with van der Waals surface area (Å²) in [5.74, 6) is -0.983. The number of rotatable bonds is 4. The normalized spacial score (nSPS) is 13.2. The molecule has 0 aliphatic carbocycles. The summed E-state index contributed by atoms with van der Waals surface area (Å²) in [6.07, 6.45) is -4.68. The summed E-state index contributed by atoms with van der Waals surface area (Å²) in [6, 6.07) is 5.72. The zero-order valence-electron chi connectivity index (χ0n) is 10.5. The number of nitrogens with zero attached hydrogens (tertiary/aromatic N) is 2. The predicted octanol–water partition coefficient (Wildman–Crippen LogP) is 2.54. The molecule has 1 aromatic carbocycles. The van der Waals surface area contributed by atoms with Crippen molar-refractivity contribution in [1.29, 1.82) is 0 Å². The molecule has 0 amide bonds. The maximum atomic E-state index is 12.4. The van der Waals surface area contributed by atoms with Crippen LogP contribution in [0.1, 0.15) is 30.2 Å². The molecular weight excluding hydrogens is 275 g/mol. The number of hydrogen-bond acceptors (Lipinski definition) is 5. The highest BCUT2D eigenvalue weighted by molar-refractivity contribution is 5.31. The first-order valence-corrected chi connectivity index (χ1v) is 5.81. The Morgan fingerprint density at radius 3 is 2.45 bits per heavy atom. The largest absolute Gasteiger partial charge is 0.494 e. The van der Waals surface area contributed by atoms with Crippen LogP contribution in [0.15, 0.2) is 28.8 Å². The van der Waals surface area contributed by atoms with E-state index in [1.807, 2.05) is 6.92 Å². The lowest BCUT2D eigenvalue weighted by molar-refractivity contribution is -0.159. The van der Waals surface area contributed by atoms with Crippen LogP contribution in [0.5, 0.6) is 5.75 Å². The lowest BCUT2D eigenvalue weighted by atomic mass is 10.1. The third kappa shape index (κ3) is 3.08. The van der Waals surface area contributed by atoms with Crippen LogP contribution in [0.3, 0.4) is 0 Å². The van der Waals surface area contributed by atoms with Gasteiger partial charge in [-0.3, -0.25) is 0 Å². The summed E-state index contributed by atoms with van der Waals surface area (Å²) in [6.45, 7) is 2.36. The molecule has 2 N–H and O–H groups in total. The lowest BCUT2D eigenvalue weighted by Crippen LogP contribution is -2.14. The number of nitrogens with two attached hydrogens (primary N) is 1. The van der Waals surface area contributed by atoms with Crippen molar-refractivity contribution in [3.8, 4) is 5.75 Å². The van der Waals surface area contributed by atoms with E-state index in [-0.39, 0.29) is 5.82 Å². The van der Waals surface area contributed by atoms with Crippen molar-refractivity contribution >= 4 is 0 Å². The quantitative estimate of drug-likeness (QED) is 0.935. The van der Waals surface area contributed by atoms with Gasteiger partial charge in [0.25, 0.3) is 0 Å². The van der Waals surface area contributed by atoms with Crippen LogP contribution in [-0.4, -0.2) is 16.7 Å². The van der Waals surface area contributed by atoms with Crippen LogP contribution >= 0.6 is 0 Å². The van der Waals surface area contributed by atoms with Gasteiger partial charge in [0.05, 0.1) is 12.6 Å². The fourth-order valence-corrected chi connectivity index (χ4v) is 1.56. The van der Waals surface area contributed by atoms with E-state index in [0.29, 0.717) is 17.9 Å². The van der Waals surface area contributed by atoms with Gasteiger partial charge in [0.1, 0.15) is 5.75 Å². The van der Waals surface area contributed by atoms with Gasteiger partial charge in [-0.25, -0.2) is 0 Å². The molecule has 2 aromatic rings. The predicted molar refractivity (Wildman–Crippen MR) is 62.9 cm³/mol. The summed E-state index contributed by atoms with van der Waals surface area (Å²) in [4.78, 5) is 3.26. The SMILES string of the molecule is CCOc1ccc(C(N)c2noc(C(F)(F)F)n2)cc1. The smallest absolute Gasteiger partial charge is 0.471 e. The van der Waals surface area contributed by atoms with Crippen molar-refractivity contribution in [3.05, 3.63) is 41.5 Å². The number of benzene rings is 1. The van der Waals surface area contributed by atoms with Gasteiger partial charge in [-0.2, -0.15) is 18.2 Å². The number of hydrogen-bond donors (Lipinski definition) is 1. The van der Waals surface area contributed by atoms with E-state index in [1.165, 1.54) is 0 Å². The monoisotopic (exact) mass is 287 g/mol. The Labute approximate surface area is 112 Å². The van der Waals surface area contributed by atoms with Crippen molar-refractivity contribution < 1.29 is 22.4 Å². The van der Waals surface area contributed by atoms with E-state index in [9.17, 15) is 13.2 Å². The third-order valence-electron chi connectivity index (χ3n) is 2.51. The molecule has 0 fully saturated rings. The molecule has 108 valence electrons. The minimum atomic E-state index is -4.68. The lowest BCUT2D eigenvalue weighted by Gasteiger charge is -2.08. The first kappa shape index (κ1) is 14.3. The molecule has 1 heterocycles. The van der Waals surface area contributed by atoms with Gasteiger partial charge in [0, 0.05) is 0 Å². The summed E-state index contributed by atoms with van der Waals surface area (Å²) < 4.78 is 46.5. The minimum absolute atomic E-state index is 0.221. The van der Waals surface area contributed by atoms with Gasteiger partial charge >= 0.3 is 12.1 Å². The molecule has 8 heteroatoms. The third-order valence-corrected chi connectivity index (χ3v) is 2.51. The second-order valence-corrected chi connectivity index (χ2v) is 3.94. The van der Waals surface area contributed by atoms with E-state index >= 15 is 0 Å². The zero-order chi connectivity index (χ0) is 14.8. The van der Waals surface area contributed by atoms with Crippen molar-refractivity contribution in [1.82, 2.24) is 10.1 Å². The van der Waals surface area contributed by atoms with E-state index in [1.54, 1.807) is 24.3 Å². The second-order valence-electron chi connectivity index (χ2n) is 3.94. The minimum Gasteiger partial charge on any atom is -0.494 e. The molecular formula is C12H12F3N3O2. The fraction of sp³-hybridized carbons (Fsp3) is 0.333. The Balaban J connectivity index is 2.18. The number of ether oxygens (including phenoxy) is 1. The molecule has 0 aliphatic rings. The Hall–Kier alpha value is -2.09. The highest BCUT2D eigenvalue weighted by Crippen LogP contribution is 2.29. The Morgan fingerprint density at radius 1 is 1.30 bits per heavy atom. The van der Waals surface area contributed by atoms with Crippen LogP contribution < -0.4 is 10.5 Å². The summed E-state index contributed by atoms with van der Waals surface area (Å²) in [7, 11) is 0. The fourth-order valence-electron chi connectivity index (χ4n) is 1.56. The summed E-state index contributed by atoms with van der Waals surface area (Å²) >= 11 is 0. The molecule has 0 saturated carbocycles. The highest BCUT2D eigenvalue weighted by Gasteiger charge is 2.39. The molecule has 0 spiro atoms. The van der Waals surface area contributed by atoms with Gasteiger partial charge in [-0.05, 0) is 24.6 Å². The van der Waals surface area contributed by atoms with E-state index in [0.717, 1.165) is 0 Å². The van der Waals surface area contributed by atoms with Crippen LogP contribution in [0, 0.1) is 0 Å². The van der Waals surface area contributed by atoms with Crippen molar-refractivity contribution in [2.24, 2.45) is 5.73 Å². The Morgan fingerprint density at radius 2 is 1.95 bits per heavy atom. The van der Waals surface area contributed by atoms with Crippen molar-refractivity contribution in [3.63, 3.8) is 0 Å². The van der Waals surface area contributed by atoms with Crippen LogP contribution in [0.25, 0.3) is 0 Å². The van der Waals surface area contributed by atoms with Crippen LogP contribution in [0.2, 0.25) is 0 Å². The van der Waals surface area contributed by atoms with Gasteiger partial charge in [-0.15, -0.1) is 0 Å². The van der Waals surface area contributed by atoms with E-state index in [2.05, 4.69) is 14.7 Å². The first-order valence-electron chi connectivity index (χ1n) is 5.81. The molecule has 1 unspecified atom stereocenters. The number of halogens is 3. The Bertz CT molecular complexity index is 566. The van der Waals surface area contributed by atoms with Gasteiger partial charge in [0.2, 0.25) is 0 Å². The number of alkyl halides is 3. The molecule has 20 heavy (non-hydrogen) atoms. The molecule has 1 aromatic heterocycles. The topological polar surface area (TPSA) is 74.2 Å². The van der Waals surface area contributed by atoms with Gasteiger partial charge in [0.15, 0.2) is 5.82 Å². The zero-order valence-corrected chi connectivity index (χ0v) is 10.5. The van der Waals surface area contributed by atoms with Gasteiger partial charge < -0.3 is 15.0 Å². The first-order chi connectivity index (χ1) is 9.41. The van der Waals surface area contributed by atoms with E-state index in [4.69, 9.17) is 10.5 Å².